The van der Waals surface area contributed by atoms with Crippen molar-refractivity contribution in [2.24, 2.45) is 11.8 Å². The normalized spacial score (nSPS) is 11.8. The number of unbranched alkanes of at least 4 members (excludes halogenated alkanes) is 10. The Labute approximate surface area is 221 Å². The van der Waals surface area contributed by atoms with Gasteiger partial charge in [0.1, 0.15) is 0 Å². The average Bonchev–Trinajstić information content (AvgIpc) is 2.77. The van der Waals surface area contributed by atoms with Crippen molar-refractivity contribution in [1.29, 1.82) is 0 Å². The van der Waals surface area contributed by atoms with Gasteiger partial charge in [-0.05, 0) is 12.8 Å². The molecule has 0 heterocycles. The van der Waals surface area contributed by atoms with Crippen molar-refractivity contribution in [3.05, 3.63) is 0 Å². The van der Waals surface area contributed by atoms with Crippen molar-refractivity contribution in [3.8, 4) is 0 Å². The van der Waals surface area contributed by atoms with E-state index in [0.29, 0.717) is 13.2 Å². The third kappa shape index (κ3) is 29.7. The standard InChI is InChI=1S/C20H38O5.2C4H9.Sn/c1-3-5-7-9-11-13-15-24-19(22)17-18(21)20(23)25-16-14-12-10-8-6-4-2;2*1-4(2)3;/h18,21H,3-17H2,1-2H3;2*4H,1H2,2-3H3;. The summed E-state index contributed by atoms with van der Waals surface area (Å²) in [6, 6.07) is 0. The van der Waals surface area contributed by atoms with Crippen LogP contribution in [0.25, 0.3) is 0 Å². The third-order valence-corrected chi connectivity index (χ3v) is 11.5. The maximum Gasteiger partial charge on any atom is 0.335 e. The van der Waals surface area contributed by atoms with Crippen LogP contribution in [0.4, 0.5) is 0 Å². The summed E-state index contributed by atoms with van der Waals surface area (Å²) in [5.74, 6) is 0.661. The van der Waals surface area contributed by atoms with Gasteiger partial charge < -0.3 is 14.6 Å². The second kappa shape index (κ2) is 27.3. The van der Waals surface area contributed by atoms with Crippen LogP contribution in [0.3, 0.4) is 0 Å². The summed E-state index contributed by atoms with van der Waals surface area (Å²) in [5, 5.41) is 9.69. The second-order valence-electron chi connectivity index (χ2n) is 10.1. The first-order valence-electron chi connectivity index (χ1n) is 13.9. The summed E-state index contributed by atoms with van der Waals surface area (Å²) >= 11 is 0.0709. The molecule has 0 fully saturated rings. The van der Waals surface area contributed by atoms with E-state index >= 15 is 0 Å². The van der Waals surface area contributed by atoms with Gasteiger partial charge in [0.2, 0.25) is 0 Å². The summed E-state index contributed by atoms with van der Waals surface area (Å²) in [6.45, 7) is 14.3. The summed E-state index contributed by atoms with van der Waals surface area (Å²) in [7, 11) is 0. The predicted octanol–water partition coefficient (Wildman–Crippen LogP) is 7.38. The molecular weight excluding hydrogens is 535 g/mol. The number of rotatable bonds is 21. The molecular formula is C28H56O5Sn. The molecule has 202 valence electrons. The fraction of sp³-hybridized carbons (Fsp3) is 0.929. The number of carbonyl (C=O) groups is 2. The zero-order chi connectivity index (χ0) is 26.0. The van der Waals surface area contributed by atoms with E-state index in [-0.39, 0.29) is 27.6 Å². The van der Waals surface area contributed by atoms with Crippen molar-refractivity contribution < 1.29 is 24.2 Å². The van der Waals surface area contributed by atoms with Gasteiger partial charge in [-0.15, -0.1) is 0 Å². The van der Waals surface area contributed by atoms with E-state index in [1.165, 1.54) is 38.5 Å². The van der Waals surface area contributed by atoms with Gasteiger partial charge in [0.05, 0.1) is 19.6 Å². The number of hydrogen-bond donors (Lipinski definition) is 1. The van der Waals surface area contributed by atoms with Crippen molar-refractivity contribution in [3.63, 3.8) is 0 Å². The van der Waals surface area contributed by atoms with E-state index in [1.54, 1.807) is 8.87 Å². The fourth-order valence-corrected chi connectivity index (χ4v) is 6.95. The number of aliphatic hydroxyl groups is 1. The molecule has 0 aliphatic rings. The SMILES string of the molecule is CC(C)[CH2][Sn][CH2]C(C)C.CCCCCCCCOC(=O)CC(O)C(=O)OCCCCCCCC. The minimum atomic E-state index is -1.42. The molecule has 0 saturated carbocycles. The van der Waals surface area contributed by atoms with E-state index in [1.807, 2.05) is 0 Å². The first kappa shape index (κ1) is 35.9. The van der Waals surface area contributed by atoms with Crippen LogP contribution in [0.2, 0.25) is 8.87 Å². The maximum absolute atomic E-state index is 11.6. The molecule has 0 aromatic heterocycles. The number of esters is 2. The first-order chi connectivity index (χ1) is 16.2. The van der Waals surface area contributed by atoms with Gasteiger partial charge in [-0.1, -0.05) is 78.1 Å². The van der Waals surface area contributed by atoms with Gasteiger partial charge in [-0.25, -0.2) is 4.79 Å². The molecule has 5 nitrogen and oxygen atoms in total. The van der Waals surface area contributed by atoms with E-state index in [9.17, 15) is 14.7 Å². The minimum absolute atomic E-state index is 0.0709. The zero-order valence-electron chi connectivity index (χ0n) is 23.3. The van der Waals surface area contributed by atoms with E-state index < -0.39 is 18.0 Å². The Balaban J connectivity index is 0. The monoisotopic (exact) mass is 592 g/mol. The Morgan fingerprint density at radius 3 is 1.53 bits per heavy atom. The maximum atomic E-state index is 11.6. The van der Waals surface area contributed by atoms with Crippen LogP contribution in [0.1, 0.15) is 125 Å². The van der Waals surface area contributed by atoms with Gasteiger partial charge in [0.25, 0.3) is 0 Å². The van der Waals surface area contributed by atoms with Crippen LogP contribution in [0.5, 0.6) is 0 Å². The predicted molar refractivity (Wildman–Crippen MR) is 144 cm³/mol. The Hall–Kier alpha value is -0.301. The van der Waals surface area contributed by atoms with Gasteiger partial charge in [-0.3, -0.25) is 4.79 Å². The fourth-order valence-electron chi connectivity index (χ4n) is 3.18. The first-order valence-corrected chi connectivity index (χ1v) is 18.0. The minimum Gasteiger partial charge on any atom is -0.466 e. The van der Waals surface area contributed by atoms with Crippen molar-refractivity contribution >= 4 is 33.1 Å². The Morgan fingerprint density at radius 1 is 0.676 bits per heavy atom. The molecule has 0 saturated heterocycles. The number of hydrogen-bond acceptors (Lipinski definition) is 5. The van der Waals surface area contributed by atoms with E-state index in [0.717, 1.165) is 50.4 Å². The molecule has 0 aliphatic carbocycles. The van der Waals surface area contributed by atoms with Crippen molar-refractivity contribution in [1.82, 2.24) is 0 Å². The van der Waals surface area contributed by atoms with Gasteiger partial charge >= 0.3 is 81.5 Å². The molecule has 1 N–H and O–H groups in total. The van der Waals surface area contributed by atoms with E-state index in [4.69, 9.17) is 9.47 Å². The molecule has 1 unspecified atom stereocenters. The van der Waals surface area contributed by atoms with Crippen molar-refractivity contribution in [2.75, 3.05) is 13.2 Å². The molecule has 0 aliphatic heterocycles. The molecule has 0 aromatic rings. The molecule has 0 rings (SSSR count). The molecule has 1 atom stereocenters. The van der Waals surface area contributed by atoms with Crippen LogP contribution < -0.4 is 0 Å². The summed E-state index contributed by atoms with van der Waals surface area (Å²) in [6.07, 6.45) is 11.5. The Kier molecular flexibility index (Phi) is 28.8. The molecule has 34 heavy (non-hydrogen) atoms. The number of ether oxygens (including phenoxy) is 2. The summed E-state index contributed by atoms with van der Waals surface area (Å²) in [5.41, 5.74) is 0. The Bertz CT molecular complexity index is 446. The quantitative estimate of drug-likeness (QED) is 0.0857. The van der Waals surface area contributed by atoms with Crippen LogP contribution >= 0.6 is 0 Å². The van der Waals surface area contributed by atoms with Crippen LogP contribution in [-0.2, 0) is 19.1 Å². The van der Waals surface area contributed by atoms with Crippen molar-refractivity contribution in [2.45, 2.75) is 140 Å². The van der Waals surface area contributed by atoms with Gasteiger partial charge in [0.15, 0.2) is 6.10 Å². The smallest absolute Gasteiger partial charge is 0.335 e. The number of aliphatic hydroxyl groups excluding tert-OH is 1. The average molecular weight is 591 g/mol. The van der Waals surface area contributed by atoms with Crippen LogP contribution in [-0.4, -0.2) is 57.5 Å². The molecule has 0 bridgehead atoms. The third-order valence-electron chi connectivity index (χ3n) is 5.24. The largest absolute Gasteiger partial charge is 0.466 e. The van der Waals surface area contributed by atoms with Gasteiger partial charge in [0, 0.05) is 0 Å². The molecule has 0 amide bonds. The molecule has 6 heteroatoms. The molecule has 0 aromatic carbocycles. The van der Waals surface area contributed by atoms with Crippen LogP contribution in [0, 0.1) is 11.8 Å². The summed E-state index contributed by atoms with van der Waals surface area (Å²) in [4.78, 5) is 23.2. The molecule has 2 radical (unpaired) electrons. The second-order valence-corrected chi connectivity index (χ2v) is 13.8. The topological polar surface area (TPSA) is 72.8 Å². The van der Waals surface area contributed by atoms with Gasteiger partial charge in [-0.2, -0.15) is 0 Å². The zero-order valence-corrected chi connectivity index (χ0v) is 26.2. The van der Waals surface area contributed by atoms with Crippen LogP contribution in [0.15, 0.2) is 0 Å². The summed E-state index contributed by atoms with van der Waals surface area (Å²) < 4.78 is 13.2. The Morgan fingerprint density at radius 2 is 1.09 bits per heavy atom. The number of carbonyl (C=O) groups excluding carboxylic acids is 2. The van der Waals surface area contributed by atoms with E-state index in [2.05, 4.69) is 41.5 Å². The molecule has 0 spiro atoms.